The summed E-state index contributed by atoms with van der Waals surface area (Å²) >= 11 is 5.96. The number of carboxylic acid groups (broad SMARTS) is 1. The van der Waals surface area contributed by atoms with Crippen LogP contribution in [0, 0.1) is 5.92 Å². The molecule has 2 rings (SSSR count). The van der Waals surface area contributed by atoms with Crippen LogP contribution in [0.25, 0.3) is 0 Å². The topological polar surface area (TPSA) is 55.8 Å². The van der Waals surface area contributed by atoms with E-state index >= 15 is 0 Å². The fraction of sp³-hybridized carbons (Fsp3) is 0.364. The molecule has 1 heterocycles. The van der Waals surface area contributed by atoms with E-state index in [1.807, 2.05) is 0 Å². The van der Waals surface area contributed by atoms with Gasteiger partial charge in [0.05, 0.1) is 18.1 Å². The first-order valence-electron chi connectivity index (χ1n) is 4.84. The standard InChI is InChI=1S/C11H11ClO4/c1-15-10-4-9-6(3-8(10)12)2-7(5-16-9)11(13)14/h3-4,7H,2,5H2,1H3,(H,13,14)/t7-/m0/s1. The molecule has 0 amide bonds. The molecule has 1 aromatic carbocycles. The second-order valence-electron chi connectivity index (χ2n) is 3.64. The zero-order valence-corrected chi connectivity index (χ0v) is 9.45. The van der Waals surface area contributed by atoms with Gasteiger partial charge in [-0.25, -0.2) is 0 Å². The number of rotatable bonds is 2. The van der Waals surface area contributed by atoms with E-state index in [4.69, 9.17) is 26.2 Å². The maximum Gasteiger partial charge on any atom is 0.310 e. The molecule has 0 radical (unpaired) electrons. The fourth-order valence-electron chi connectivity index (χ4n) is 1.70. The Morgan fingerprint density at radius 3 is 3.00 bits per heavy atom. The molecule has 1 N–H and O–H groups in total. The summed E-state index contributed by atoms with van der Waals surface area (Å²) in [6.45, 7) is 0.188. The molecule has 0 aromatic heterocycles. The predicted molar refractivity (Wildman–Crippen MR) is 58.3 cm³/mol. The summed E-state index contributed by atoms with van der Waals surface area (Å²) < 4.78 is 10.4. The van der Waals surface area contributed by atoms with Crippen LogP contribution in [0.15, 0.2) is 12.1 Å². The molecule has 0 unspecified atom stereocenters. The third-order valence-electron chi connectivity index (χ3n) is 2.59. The van der Waals surface area contributed by atoms with Gasteiger partial charge in [0.2, 0.25) is 0 Å². The Hall–Kier alpha value is -1.42. The number of halogens is 1. The molecular formula is C11H11ClO4. The van der Waals surface area contributed by atoms with E-state index in [9.17, 15) is 4.79 Å². The van der Waals surface area contributed by atoms with E-state index in [1.165, 1.54) is 7.11 Å². The number of hydrogen-bond acceptors (Lipinski definition) is 3. The molecule has 0 bridgehead atoms. The highest BCUT2D eigenvalue weighted by molar-refractivity contribution is 6.32. The number of hydrogen-bond donors (Lipinski definition) is 1. The van der Waals surface area contributed by atoms with E-state index in [0.717, 1.165) is 5.56 Å². The van der Waals surface area contributed by atoms with Crippen molar-refractivity contribution in [2.24, 2.45) is 5.92 Å². The van der Waals surface area contributed by atoms with E-state index in [1.54, 1.807) is 12.1 Å². The molecular weight excluding hydrogens is 232 g/mol. The van der Waals surface area contributed by atoms with Crippen LogP contribution in [-0.4, -0.2) is 24.8 Å². The van der Waals surface area contributed by atoms with Crippen LogP contribution < -0.4 is 9.47 Å². The first kappa shape index (κ1) is 11.1. The molecule has 1 atom stereocenters. The highest BCUT2D eigenvalue weighted by Gasteiger charge is 2.26. The van der Waals surface area contributed by atoms with Crippen molar-refractivity contribution in [1.82, 2.24) is 0 Å². The van der Waals surface area contributed by atoms with Gasteiger partial charge >= 0.3 is 5.97 Å². The van der Waals surface area contributed by atoms with Crippen molar-refractivity contribution in [1.29, 1.82) is 0 Å². The van der Waals surface area contributed by atoms with Crippen molar-refractivity contribution >= 4 is 17.6 Å². The van der Waals surface area contributed by atoms with Crippen molar-refractivity contribution in [3.8, 4) is 11.5 Å². The lowest BCUT2D eigenvalue weighted by molar-refractivity contribution is -0.143. The predicted octanol–water partition coefficient (Wildman–Crippen LogP) is 1.98. The van der Waals surface area contributed by atoms with Gasteiger partial charge in [-0.3, -0.25) is 4.79 Å². The summed E-state index contributed by atoms with van der Waals surface area (Å²) in [5.74, 6) is -0.164. The molecule has 0 fully saturated rings. The summed E-state index contributed by atoms with van der Waals surface area (Å²) in [5, 5.41) is 9.36. The Bertz CT molecular complexity index is 430. The molecule has 0 saturated heterocycles. The van der Waals surface area contributed by atoms with E-state index in [2.05, 4.69) is 0 Å². The van der Waals surface area contributed by atoms with Crippen LogP contribution >= 0.6 is 11.6 Å². The lowest BCUT2D eigenvalue weighted by Gasteiger charge is -2.23. The molecule has 1 aliphatic heterocycles. The Morgan fingerprint density at radius 2 is 2.38 bits per heavy atom. The molecule has 4 nitrogen and oxygen atoms in total. The van der Waals surface area contributed by atoms with Gasteiger partial charge in [-0.15, -0.1) is 0 Å². The Morgan fingerprint density at radius 1 is 1.62 bits per heavy atom. The number of benzene rings is 1. The van der Waals surface area contributed by atoms with Gasteiger partial charge in [0, 0.05) is 6.07 Å². The average molecular weight is 243 g/mol. The number of ether oxygens (including phenoxy) is 2. The Balaban J connectivity index is 2.33. The van der Waals surface area contributed by atoms with Gasteiger partial charge in [-0.2, -0.15) is 0 Å². The van der Waals surface area contributed by atoms with Crippen molar-refractivity contribution in [2.75, 3.05) is 13.7 Å². The molecule has 0 saturated carbocycles. The molecule has 0 aliphatic carbocycles. The van der Waals surface area contributed by atoms with Gasteiger partial charge in [-0.1, -0.05) is 11.6 Å². The van der Waals surface area contributed by atoms with Crippen LogP contribution in [0.5, 0.6) is 11.5 Å². The van der Waals surface area contributed by atoms with Crippen molar-refractivity contribution in [3.63, 3.8) is 0 Å². The fourth-order valence-corrected chi connectivity index (χ4v) is 1.96. The number of fused-ring (bicyclic) bond motifs is 1. The zero-order valence-electron chi connectivity index (χ0n) is 8.70. The maximum absolute atomic E-state index is 10.8. The highest BCUT2D eigenvalue weighted by Crippen LogP contribution is 2.36. The Labute approximate surface area is 97.7 Å². The van der Waals surface area contributed by atoms with Gasteiger partial charge in [0.15, 0.2) is 0 Å². The maximum atomic E-state index is 10.8. The van der Waals surface area contributed by atoms with Crippen molar-refractivity contribution in [3.05, 3.63) is 22.7 Å². The molecule has 86 valence electrons. The van der Waals surface area contributed by atoms with Crippen LogP contribution in [0.3, 0.4) is 0 Å². The van der Waals surface area contributed by atoms with Gasteiger partial charge in [-0.05, 0) is 18.1 Å². The summed E-state index contributed by atoms with van der Waals surface area (Å²) in [6, 6.07) is 3.39. The van der Waals surface area contributed by atoms with Crippen LogP contribution in [0.1, 0.15) is 5.56 Å². The third-order valence-corrected chi connectivity index (χ3v) is 2.89. The summed E-state index contributed by atoms with van der Waals surface area (Å²) in [7, 11) is 1.52. The lowest BCUT2D eigenvalue weighted by atomic mass is 9.97. The minimum atomic E-state index is -0.849. The van der Waals surface area contributed by atoms with Crippen LogP contribution in [0.2, 0.25) is 5.02 Å². The van der Waals surface area contributed by atoms with Gasteiger partial charge < -0.3 is 14.6 Å². The van der Waals surface area contributed by atoms with Crippen molar-refractivity contribution in [2.45, 2.75) is 6.42 Å². The van der Waals surface area contributed by atoms with E-state index in [0.29, 0.717) is 22.9 Å². The Kier molecular flexibility index (Phi) is 2.92. The smallest absolute Gasteiger partial charge is 0.310 e. The van der Waals surface area contributed by atoms with Crippen molar-refractivity contribution < 1.29 is 19.4 Å². The second kappa shape index (κ2) is 4.22. The minimum absolute atomic E-state index is 0.188. The van der Waals surface area contributed by atoms with Crippen LogP contribution in [0.4, 0.5) is 0 Å². The first-order valence-corrected chi connectivity index (χ1v) is 5.21. The van der Waals surface area contributed by atoms with Gasteiger partial charge in [0.25, 0.3) is 0 Å². The second-order valence-corrected chi connectivity index (χ2v) is 4.05. The summed E-state index contributed by atoms with van der Waals surface area (Å²) in [4.78, 5) is 10.8. The monoisotopic (exact) mass is 242 g/mol. The molecule has 1 aliphatic rings. The largest absolute Gasteiger partial charge is 0.495 e. The molecule has 5 heteroatoms. The molecule has 0 spiro atoms. The van der Waals surface area contributed by atoms with Gasteiger partial charge in [0.1, 0.15) is 18.1 Å². The van der Waals surface area contributed by atoms with E-state index in [-0.39, 0.29) is 6.61 Å². The van der Waals surface area contributed by atoms with E-state index < -0.39 is 11.9 Å². The third kappa shape index (κ3) is 1.93. The normalized spacial score (nSPS) is 18.5. The SMILES string of the molecule is COc1cc2c(cc1Cl)C[C@H](C(=O)O)CO2. The molecule has 16 heavy (non-hydrogen) atoms. The minimum Gasteiger partial charge on any atom is -0.495 e. The summed E-state index contributed by atoms with van der Waals surface area (Å²) in [5.41, 5.74) is 0.810. The quantitative estimate of drug-likeness (QED) is 0.862. The zero-order chi connectivity index (χ0) is 11.7. The van der Waals surface area contributed by atoms with Crippen LogP contribution in [-0.2, 0) is 11.2 Å². The number of aliphatic carboxylic acids is 1. The average Bonchev–Trinajstić information content (AvgIpc) is 2.27. The molecule has 1 aromatic rings. The number of methoxy groups -OCH3 is 1. The number of carbonyl (C=O) groups is 1. The number of carboxylic acids is 1. The summed E-state index contributed by atoms with van der Waals surface area (Å²) in [6.07, 6.45) is 0.439. The highest BCUT2D eigenvalue weighted by atomic mass is 35.5. The first-order chi connectivity index (χ1) is 7.61. The lowest BCUT2D eigenvalue weighted by Crippen LogP contribution is -2.27.